The number of hydrogen-bond donors (Lipinski definition) is 0. The molecule has 1 aromatic carbocycles. The summed E-state index contributed by atoms with van der Waals surface area (Å²) in [5.41, 5.74) is -2.85. The van der Waals surface area contributed by atoms with Gasteiger partial charge in [-0.3, -0.25) is 14.9 Å². The summed E-state index contributed by atoms with van der Waals surface area (Å²) in [5, 5.41) is 30.0. The molecule has 1 aromatic rings. The quantitative estimate of drug-likeness (QED) is 0.439. The zero-order valence-corrected chi connectivity index (χ0v) is 14.5. The average molecular weight is 345 g/mol. The van der Waals surface area contributed by atoms with Crippen LogP contribution in [0.1, 0.15) is 26.3 Å². The van der Waals surface area contributed by atoms with Crippen LogP contribution in [0.2, 0.25) is 0 Å². The van der Waals surface area contributed by atoms with Gasteiger partial charge in [0.2, 0.25) is 6.54 Å². The highest BCUT2D eigenvalue weighted by Crippen LogP contribution is 2.36. The van der Waals surface area contributed by atoms with Gasteiger partial charge in [0.25, 0.3) is 0 Å². The van der Waals surface area contributed by atoms with E-state index in [-0.39, 0.29) is 5.56 Å². The van der Waals surface area contributed by atoms with E-state index in [1.165, 1.54) is 31.4 Å². The number of nitrogens with zero attached hydrogens (tertiary/aromatic N) is 3. The number of hydrogen-bond acceptors (Lipinski definition) is 7. The van der Waals surface area contributed by atoms with Gasteiger partial charge < -0.3 is 9.47 Å². The maximum Gasteiger partial charge on any atom is 0.326 e. The molecule has 0 fully saturated rings. The molecule has 1 rings (SSSR count). The SMILES string of the molecule is COc1ccc([C@@](C[N+](=O)[O-])(C(=O)OC(C)(C)C)C(C#N)C#N)cc1. The second-order valence-electron chi connectivity index (χ2n) is 6.38. The Morgan fingerprint density at radius 3 is 2.12 bits per heavy atom. The number of rotatable bonds is 6. The lowest BCUT2D eigenvalue weighted by Gasteiger charge is -2.32. The lowest BCUT2D eigenvalue weighted by Crippen LogP contribution is -2.50. The molecule has 0 unspecified atom stereocenters. The Kier molecular flexibility index (Phi) is 6.08. The van der Waals surface area contributed by atoms with E-state index in [0.29, 0.717) is 5.75 Å². The monoisotopic (exact) mass is 345 g/mol. The molecular weight excluding hydrogens is 326 g/mol. The van der Waals surface area contributed by atoms with Crippen molar-refractivity contribution >= 4 is 5.97 Å². The molecule has 0 N–H and O–H groups in total. The largest absolute Gasteiger partial charge is 0.497 e. The molecule has 0 aliphatic heterocycles. The third-order valence-corrected chi connectivity index (χ3v) is 3.50. The second-order valence-corrected chi connectivity index (χ2v) is 6.38. The molecule has 1 atom stereocenters. The van der Waals surface area contributed by atoms with Crippen molar-refractivity contribution in [1.29, 1.82) is 10.5 Å². The van der Waals surface area contributed by atoms with Gasteiger partial charge in [-0.2, -0.15) is 10.5 Å². The van der Waals surface area contributed by atoms with Crippen LogP contribution in [0.25, 0.3) is 0 Å². The number of esters is 1. The molecule has 0 aliphatic carbocycles. The first-order valence-electron chi connectivity index (χ1n) is 7.39. The number of nitro groups is 1. The van der Waals surface area contributed by atoms with E-state index in [1.807, 2.05) is 0 Å². The molecule has 0 amide bonds. The minimum Gasteiger partial charge on any atom is -0.497 e. The summed E-state index contributed by atoms with van der Waals surface area (Å²) < 4.78 is 10.4. The Morgan fingerprint density at radius 1 is 1.24 bits per heavy atom. The lowest BCUT2D eigenvalue weighted by molar-refractivity contribution is -0.489. The first-order chi connectivity index (χ1) is 11.6. The van der Waals surface area contributed by atoms with Crippen LogP contribution in [-0.2, 0) is 14.9 Å². The van der Waals surface area contributed by atoms with Gasteiger partial charge in [0.1, 0.15) is 11.4 Å². The summed E-state index contributed by atoms with van der Waals surface area (Å²) in [6, 6.07) is 9.24. The Balaban J connectivity index is 3.64. The van der Waals surface area contributed by atoms with Crippen molar-refractivity contribution in [3.63, 3.8) is 0 Å². The number of carbonyl (C=O) groups is 1. The summed E-state index contributed by atoms with van der Waals surface area (Å²) >= 11 is 0. The van der Waals surface area contributed by atoms with Crippen LogP contribution in [0, 0.1) is 38.7 Å². The highest BCUT2D eigenvalue weighted by atomic mass is 16.6. The predicted octanol–water partition coefficient (Wildman–Crippen LogP) is 2.21. The van der Waals surface area contributed by atoms with Crippen LogP contribution < -0.4 is 4.74 Å². The number of methoxy groups -OCH3 is 1. The first kappa shape index (κ1) is 19.9. The van der Waals surface area contributed by atoms with Gasteiger partial charge in [-0.05, 0) is 38.5 Å². The number of ether oxygens (including phenoxy) is 2. The number of nitriles is 2. The van der Waals surface area contributed by atoms with E-state index in [0.717, 1.165) is 0 Å². The van der Waals surface area contributed by atoms with Crippen LogP contribution in [0.15, 0.2) is 24.3 Å². The molecule has 0 saturated heterocycles. The highest BCUT2D eigenvalue weighted by Gasteiger charge is 2.55. The summed E-state index contributed by atoms with van der Waals surface area (Å²) in [4.78, 5) is 23.4. The van der Waals surface area contributed by atoms with Crippen molar-refractivity contribution in [2.45, 2.75) is 31.8 Å². The fraction of sp³-hybridized carbons (Fsp3) is 0.471. The van der Waals surface area contributed by atoms with Gasteiger partial charge in [-0.1, -0.05) is 12.1 Å². The number of benzene rings is 1. The molecule has 0 aliphatic rings. The van der Waals surface area contributed by atoms with Crippen molar-refractivity contribution in [1.82, 2.24) is 0 Å². The summed E-state index contributed by atoms with van der Waals surface area (Å²) in [5.74, 6) is -2.12. The third-order valence-electron chi connectivity index (χ3n) is 3.50. The van der Waals surface area contributed by atoms with Crippen LogP contribution in [0.5, 0.6) is 5.75 Å². The Bertz CT molecular complexity index is 711. The maximum atomic E-state index is 12.9. The summed E-state index contributed by atoms with van der Waals surface area (Å²) in [6.07, 6.45) is 0. The minimum absolute atomic E-state index is 0.146. The molecular formula is C17H19N3O5. The first-order valence-corrected chi connectivity index (χ1v) is 7.39. The van der Waals surface area contributed by atoms with Crippen molar-refractivity contribution in [3.8, 4) is 17.9 Å². The molecule has 132 valence electrons. The average Bonchev–Trinajstić information content (AvgIpc) is 2.53. The molecule has 0 spiro atoms. The van der Waals surface area contributed by atoms with Crippen LogP contribution in [0.4, 0.5) is 0 Å². The van der Waals surface area contributed by atoms with Crippen molar-refractivity contribution in [2.75, 3.05) is 13.7 Å². The van der Waals surface area contributed by atoms with Gasteiger partial charge in [-0.25, -0.2) is 0 Å². The lowest BCUT2D eigenvalue weighted by atomic mass is 9.71. The third kappa shape index (κ3) is 4.45. The van der Waals surface area contributed by atoms with Gasteiger partial charge in [-0.15, -0.1) is 0 Å². The summed E-state index contributed by atoms with van der Waals surface area (Å²) in [6.45, 7) is 3.86. The van der Waals surface area contributed by atoms with E-state index >= 15 is 0 Å². The highest BCUT2D eigenvalue weighted by molar-refractivity contribution is 5.85. The predicted molar refractivity (Wildman–Crippen MR) is 87.1 cm³/mol. The fourth-order valence-electron chi connectivity index (χ4n) is 2.36. The molecule has 0 heterocycles. The normalized spacial score (nSPS) is 13.2. The molecule has 8 nitrogen and oxygen atoms in total. The van der Waals surface area contributed by atoms with Crippen molar-refractivity contribution in [2.24, 2.45) is 5.92 Å². The smallest absolute Gasteiger partial charge is 0.326 e. The van der Waals surface area contributed by atoms with E-state index in [1.54, 1.807) is 32.9 Å². The molecule has 0 radical (unpaired) electrons. The fourth-order valence-corrected chi connectivity index (χ4v) is 2.36. The Labute approximate surface area is 145 Å². The second kappa shape index (κ2) is 7.63. The van der Waals surface area contributed by atoms with Gasteiger partial charge in [0.15, 0.2) is 11.3 Å². The van der Waals surface area contributed by atoms with Gasteiger partial charge >= 0.3 is 5.97 Å². The van der Waals surface area contributed by atoms with E-state index in [2.05, 4.69) is 0 Å². The minimum atomic E-state index is -2.05. The zero-order chi connectivity index (χ0) is 19.3. The topological polar surface area (TPSA) is 126 Å². The molecule has 25 heavy (non-hydrogen) atoms. The summed E-state index contributed by atoms with van der Waals surface area (Å²) in [7, 11) is 1.44. The van der Waals surface area contributed by atoms with Crippen LogP contribution in [0.3, 0.4) is 0 Å². The number of carbonyl (C=O) groups excluding carboxylic acids is 1. The maximum absolute atomic E-state index is 12.9. The molecule has 0 aromatic heterocycles. The van der Waals surface area contributed by atoms with Gasteiger partial charge in [0, 0.05) is 4.92 Å². The van der Waals surface area contributed by atoms with Crippen LogP contribution >= 0.6 is 0 Å². The van der Waals surface area contributed by atoms with Crippen molar-refractivity contribution in [3.05, 3.63) is 39.9 Å². The van der Waals surface area contributed by atoms with Gasteiger partial charge in [0.05, 0.1) is 19.2 Å². The van der Waals surface area contributed by atoms with Crippen LogP contribution in [-0.4, -0.2) is 30.1 Å². The van der Waals surface area contributed by atoms with Crippen molar-refractivity contribution < 1.29 is 19.2 Å². The van der Waals surface area contributed by atoms with E-state index in [4.69, 9.17) is 9.47 Å². The zero-order valence-electron chi connectivity index (χ0n) is 14.5. The molecule has 8 heteroatoms. The Hall–Kier alpha value is -3.13. The van der Waals surface area contributed by atoms with E-state index < -0.39 is 34.4 Å². The molecule has 0 saturated carbocycles. The van der Waals surface area contributed by atoms with E-state index in [9.17, 15) is 25.4 Å². The Morgan fingerprint density at radius 2 is 1.76 bits per heavy atom. The molecule has 0 bridgehead atoms. The standard InChI is InChI=1S/C17H19N3O5/c1-16(2,3)25-15(21)17(11-20(22)23,13(9-18)10-19)12-5-7-14(24-4)8-6-12/h5-8,13H,11H2,1-4H3/t17-/m1/s1.